The third-order valence-corrected chi connectivity index (χ3v) is 10.5. The summed E-state index contributed by atoms with van der Waals surface area (Å²) in [7, 11) is 0. The minimum absolute atomic E-state index is 0.0329. The highest BCUT2D eigenvalue weighted by Crippen LogP contribution is 2.44. The third-order valence-electron chi connectivity index (χ3n) is 10.5. The summed E-state index contributed by atoms with van der Waals surface area (Å²) >= 11 is 0. The van der Waals surface area contributed by atoms with Crippen molar-refractivity contribution in [3.8, 4) is 29.6 Å². The molecule has 262 valence electrons. The van der Waals surface area contributed by atoms with E-state index in [2.05, 4.69) is 38.8 Å². The van der Waals surface area contributed by atoms with Crippen molar-refractivity contribution in [3.05, 3.63) is 78.0 Å². The maximum Gasteiger partial charge on any atom is 0.410 e. The van der Waals surface area contributed by atoms with Gasteiger partial charge in [-0.05, 0) is 64.0 Å². The fourth-order valence-electron chi connectivity index (χ4n) is 8.56. The van der Waals surface area contributed by atoms with E-state index in [9.17, 15) is 9.18 Å². The third kappa shape index (κ3) is 5.75. The van der Waals surface area contributed by atoms with Gasteiger partial charge in [-0.15, -0.1) is 6.42 Å². The van der Waals surface area contributed by atoms with Crippen LogP contribution in [-0.4, -0.2) is 86.9 Å². The van der Waals surface area contributed by atoms with Gasteiger partial charge in [-0.2, -0.15) is 9.97 Å². The zero-order chi connectivity index (χ0) is 35.8. The molecule has 4 aliphatic rings. The number of carbonyl (C=O) groups is 1. The Balaban J connectivity index is 1.22. The molecule has 0 spiro atoms. The first kappa shape index (κ1) is 33.1. The maximum atomic E-state index is 17.0. The fourth-order valence-corrected chi connectivity index (χ4v) is 8.56. The molecular formula is C40H40F2N6O3. The van der Waals surface area contributed by atoms with Crippen molar-refractivity contribution >= 4 is 33.6 Å². The highest BCUT2D eigenvalue weighted by atomic mass is 19.1. The van der Waals surface area contributed by atoms with Gasteiger partial charge >= 0.3 is 12.1 Å². The van der Waals surface area contributed by atoms with Gasteiger partial charge in [-0.1, -0.05) is 48.4 Å². The fraction of sp³-hybridized carbons (Fsp3) is 0.400. The molecule has 2 bridgehead atoms. The van der Waals surface area contributed by atoms with Gasteiger partial charge in [0.1, 0.15) is 35.1 Å². The van der Waals surface area contributed by atoms with E-state index in [-0.39, 0.29) is 47.5 Å². The Labute approximate surface area is 296 Å². The largest absolute Gasteiger partial charge is 0.461 e. The first-order chi connectivity index (χ1) is 24.3. The van der Waals surface area contributed by atoms with Crippen molar-refractivity contribution < 1.29 is 23.0 Å². The van der Waals surface area contributed by atoms with Crippen LogP contribution < -0.4 is 9.64 Å². The Bertz CT molecular complexity index is 2160. The van der Waals surface area contributed by atoms with Gasteiger partial charge in [0, 0.05) is 48.9 Å². The van der Waals surface area contributed by atoms with Gasteiger partial charge in [0.25, 0.3) is 0 Å². The minimum Gasteiger partial charge on any atom is -0.461 e. The lowest BCUT2D eigenvalue weighted by Gasteiger charge is -2.42. The predicted octanol–water partition coefficient (Wildman–Crippen LogP) is 7.03. The number of nitrogens with zero attached hydrogens (tertiary/aromatic N) is 6. The van der Waals surface area contributed by atoms with E-state index in [0.29, 0.717) is 46.2 Å². The number of halogens is 2. The zero-order valence-electron chi connectivity index (χ0n) is 29.1. The molecule has 4 aromatic rings. The number of anilines is 1. The lowest BCUT2D eigenvalue weighted by atomic mass is 9.92. The summed E-state index contributed by atoms with van der Waals surface area (Å²) in [4.78, 5) is 33.7. The van der Waals surface area contributed by atoms with Crippen LogP contribution in [0, 0.1) is 24.0 Å². The van der Waals surface area contributed by atoms with Crippen LogP contribution in [0.25, 0.3) is 32.9 Å². The van der Waals surface area contributed by atoms with Crippen LogP contribution in [-0.2, 0) is 4.74 Å². The molecule has 2 aromatic carbocycles. The number of fused-ring (bicyclic) bond motifs is 5. The van der Waals surface area contributed by atoms with E-state index in [1.165, 1.54) is 12.1 Å². The van der Waals surface area contributed by atoms with Crippen molar-refractivity contribution in [1.29, 1.82) is 0 Å². The first-order valence-electron chi connectivity index (χ1n) is 17.4. The Morgan fingerprint density at radius 3 is 2.45 bits per heavy atom. The molecule has 4 saturated heterocycles. The average Bonchev–Trinajstić information content (AvgIpc) is 3.64. The normalized spacial score (nSPS) is 21.4. The molecule has 4 aliphatic heterocycles. The van der Waals surface area contributed by atoms with Gasteiger partial charge in [-0.3, -0.25) is 14.8 Å². The summed E-state index contributed by atoms with van der Waals surface area (Å²) in [5.74, 6) is 1.89. The number of benzene rings is 2. The number of aromatic nitrogens is 3. The number of amides is 1. The molecule has 8 rings (SSSR count). The molecule has 0 unspecified atom stereocenters. The van der Waals surface area contributed by atoms with Crippen LogP contribution >= 0.6 is 0 Å². The molecule has 2 aromatic heterocycles. The van der Waals surface area contributed by atoms with E-state index < -0.39 is 17.2 Å². The highest BCUT2D eigenvalue weighted by molar-refractivity contribution is 6.02. The predicted molar refractivity (Wildman–Crippen MR) is 193 cm³/mol. The number of rotatable bonds is 5. The molecule has 9 nitrogen and oxygen atoms in total. The summed E-state index contributed by atoms with van der Waals surface area (Å²) < 4.78 is 43.6. The first-order valence-corrected chi connectivity index (χ1v) is 17.4. The van der Waals surface area contributed by atoms with Gasteiger partial charge in [0.15, 0.2) is 5.82 Å². The quantitative estimate of drug-likeness (QED) is 0.163. The van der Waals surface area contributed by atoms with Crippen LogP contribution in [0.15, 0.2) is 60.8 Å². The van der Waals surface area contributed by atoms with Crippen LogP contribution in [0.1, 0.15) is 52.0 Å². The van der Waals surface area contributed by atoms with E-state index in [4.69, 9.17) is 20.9 Å². The number of hydrogen-bond donors (Lipinski definition) is 0. The van der Waals surface area contributed by atoms with Crippen molar-refractivity contribution in [2.75, 3.05) is 37.7 Å². The lowest BCUT2D eigenvalue weighted by molar-refractivity contribution is 0.0122. The molecule has 0 radical (unpaired) electrons. The van der Waals surface area contributed by atoms with Gasteiger partial charge in [0.2, 0.25) is 0 Å². The zero-order valence-corrected chi connectivity index (χ0v) is 29.1. The Hall–Kier alpha value is -5.08. The van der Waals surface area contributed by atoms with Crippen LogP contribution in [0.2, 0.25) is 0 Å². The smallest absolute Gasteiger partial charge is 0.410 e. The Morgan fingerprint density at radius 1 is 1.08 bits per heavy atom. The molecule has 11 heteroatoms. The van der Waals surface area contributed by atoms with E-state index in [0.717, 1.165) is 49.9 Å². The molecule has 0 saturated carbocycles. The summed E-state index contributed by atoms with van der Waals surface area (Å²) in [6.45, 7) is 16.8. The number of ether oxygens (including phenoxy) is 2. The molecule has 4 fully saturated rings. The molecule has 51 heavy (non-hydrogen) atoms. The number of hydrogen-bond acceptors (Lipinski definition) is 8. The molecule has 0 N–H and O–H groups in total. The standard InChI is InChI=1S/C40H40F2N6O3/c1-7-25-13-27(41)14-26-9-8-10-30(32(25)26)34-33(42)35-31(17-43-34)36(46-20-28-11-12-29(21-46)48(28)38(49)51-39(4,5)6)45-37(44-35)50-22-40-15-23(2)18-47(40)19-24(3)16-40/h1,8-10,13-14,17,28-29H,2-3,11-12,15-16,18-22H2,4-6H3/t28-,29+. The molecular weight excluding hydrogens is 650 g/mol. The monoisotopic (exact) mass is 690 g/mol. The minimum atomic E-state index is -0.667. The number of carbonyl (C=O) groups excluding carboxylic acids is 1. The van der Waals surface area contributed by atoms with Gasteiger partial charge < -0.3 is 14.4 Å². The maximum absolute atomic E-state index is 17.0. The number of pyridine rings is 1. The Kier molecular flexibility index (Phi) is 7.79. The Morgan fingerprint density at radius 2 is 1.78 bits per heavy atom. The molecule has 1 amide bonds. The summed E-state index contributed by atoms with van der Waals surface area (Å²) in [6.07, 6.45) is 10.2. The lowest BCUT2D eigenvalue weighted by Crippen LogP contribution is -2.57. The van der Waals surface area contributed by atoms with E-state index in [1.807, 2.05) is 25.7 Å². The number of terminal acetylenes is 1. The van der Waals surface area contributed by atoms with Gasteiger partial charge in [-0.25, -0.2) is 13.6 Å². The van der Waals surface area contributed by atoms with Crippen LogP contribution in [0.3, 0.4) is 0 Å². The summed E-state index contributed by atoms with van der Waals surface area (Å²) in [6, 6.07) is 7.64. The highest BCUT2D eigenvalue weighted by Gasteiger charge is 2.48. The summed E-state index contributed by atoms with van der Waals surface area (Å²) in [5, 5.41) is 1.47. The second kappa shape index (κ2) is 12.0. The van der Waals surface area contributed by atoms with Crippen molar-refractivity contribution in [2.45, 2.75) is 69.7 Å². The van der Waals surface area contributed by atoms with Crippen molar-refractivity contribution in [3.63, 3.8) is 0 Å². The topological polar surface area (TPSA) is 83.9 Å². The second-order valence-corrected chi connectivity index (χ2v) is 15.4. The number of piperazine rings is 1. The second-order valence-electron chi connectivity index (χ2n) is 15.4. The molecule has 2 atom stereocenters. The van der Waals surface area contributed by atoms with Crippen molar-refractivity contribution in [1.82, 2.24) is 24.8 Å². The van der Waals surface area contributed by atoms with Crippen LogP contribution in [0.5, 0.6) is 6.01 Å². The summed E-state index contributed by atoms with van der Waals surface area (Å²) in [5.41, 5.74) is 2.14. The SMILES string of the molecule is C#Cc1cc(F)cc2cccc(-c3ncc4c(N5C[C@H]6CC[C@@H](C5)N6C(=O)OC(C)(C)C)nc(OCC56CC(=C)CN5CC(=C)C6)nc4c3F)c12. The molecule has 0 aliphatic carbocycles. The van der Waals surface area contributed by atoms with Crippen LogP contribution in [0.4, 0.5) is 19.4 Å². The molecule has 6 heterocycles. The van der Waals surface area contributed by atoms with Gasteiger partial charge in [0.05, 0.1) is 23.0 Å². The average molecular weight is 691 g/mol. The van der Waals surface area contributed by atoms with E-state index >= 15 is 4.39 Å². The van der Waals surface area contributed by atoms with Crippen molar-refractivity contribution in [2.24, 2.45) is 0 Å². The van der Waals surface area contributed by atoms with E-state index in [1.54, 1.807) is 24.4 Å².